The minimum absolute atomic E-state index is 0.339. The molecule has 0 spiro atoms. The molecule has 3 rings (SSSR count). The van der Waals surface area contributed by atoms with Crippen LogP contribution in [0, 0.1) is 0 Å². The predicted molar refractivity (Wildman–Crippen MR) is 78.3 cm³/mol. The second-order valence-corrected chi connectivity index (χ2v) is 4.97. The van der Waals surface area contributed by atoms with Crippen molar-refractivity contribution in [2.24, 2.45) is 0 Å². The normalized spacial score (nSPS) is 10.4. The molecule has 0 aliphatic heterocycles. The van der Waals surface area contributed by atoms with E-state index in [-0.39, 0.29) is 0 Å². The van der Waals surface area contributed by atoms with Gasteiger partial charge in [-0.2, -0.15) is 5.10 Å². The molecule has 6 heteroatoms. The van der Waals surface area contributed by atoms with Crippen molar-refractivity contribution in [1.82, 2.24) is 15.2 Å². The number of anilines is 1. The number of hydrogen-bond donors (Lipinski definition) is 1. The molecule has 100 valence electrons. The van der Waals surface area contributed by atoms with Gasteiger partial charge in [0.15, 0.2) is 0 Å². The molecule has 0 atom stereocenters. The first-order valence-electron chi connectivity index (χ1n) is 6.02. The highest BCUT2D eigenvalue weighted by Gasteiger charge is 2.05. The quantitative estimate of drug-likeness (QED) is 0.797. The lowest BCUT2D eigenvalue weighted by Crippen LogP contribution is -1.99. The van der Waals surface area contributed by atoms with Crippen LogP contribution >= 0.6 is 11.3 Å². The van der Waals surface area contributed by atoms with E-state index in [0.29, 0.717) is 18.2 Å². The zero-order valence-electron chi connectivity index (χ0n) is 10.6. The van der Waals surface area contributed by atoms with Crippen LogP contribution in [-0.2, 0) is 6.61 Å². The van der Waals surface area contributed by atoms with Crippen molar-refractivity contribution >= 4 is 17.2 Å². The van der Waals surface area contributed by atoms with Crippen LogP contribution in [0.15, 0.2) is 48.0 Å². The van der Waals surface area contributed by atoms with Gasteiger partial charge in [-0.1, -0.05) is 30.3 Å². The number of nitrogens with two attached hydrogens (primary N) is 1. The molecule has 0 unspecified atom stereocenters. The zero-order valence-corrected chi connectivity index (χ0v) is 11.4. The van der Waals surface area contributed by atoms with Crippen LogP contribution in [0.25, 0.3) is 10.6 Å². The number of hydrogen-bond acceptors (Lipinski definition) is 6. The monoisotopic (exact) mass is 284 g/mol. The summed E-state index contributed by atoms with van der Waals surface area (Å²) in [6.07, 6.45) is 1.53. The minimum Gasteiger partial charge on any atom is -0.485 e. The Bertz CT molecular complexity index is 699. The molecule has 2 heterocycles. The van der Waals surface area contributed by atoms with Gasteiger partial charge in [-0.05, 0) is 0 Å². The average molecular weight is 284 g/mol. The predicted octanol–water partition coefficient (Wildman–Crippen LogP) is 2.76. The van der Waals surface area contributed by atoms with Gasteiger partial charge in [0.05, 0.1) is 11.9 Å². The molecular weight excluding hydrogens is 272 g/mol. The molecule has 0 radical (unpaired) electrons. The van der Waals surface area contributed by atoms with Gasteiger partial charge in [-0.25, -0.2) is 4.98 Å². The molecule has 3 aromatic rings. The van der Waals surface area contributed by atoms with Crippen LogP contribution in [0.2, 0.25) is 0 Å². The zero-order chi connectivity index (χ0) is 13.8. The number of benzene rings is 1. The Morgan fingerprint density at radius 2 is 2.05 bits per heavy atom. The maximum Gasteiger partial charge on any atom is 0.149 e. The second kappa shape index (κ2) is 5.66. The van der Waals surface area contributed by atoms with E-state index in [0.717, 1.165) is 16.3 Å². The van der Waals surface area contributed by atoms with Gasteiger partial charge in [0, 0.05) is 17.0 Å². The molecule has 0 fully saturated rings. The van der Waals surface area contributed by atoms with Crippen molar-refractivity contribution in [3.05, 3.63) is 53.7 Å². The highest BCUT2D eigenvalue weighted by Crippen LogP contribution is 2.24. The second-order valence-electron chi connectivity index (χ2n) is 4.11. The molecule has 0 amide bonds. The van der Waals surface area contributed by atoms with E-state index in [1.165, 1.54) is 6.20 Å². The molecule has 2 N–H and O–H groups in total. The molecule has 2 aromatic heterocycles. The first-order valence-corrected chi connectivity index (χ1v) is 6.90. The van der Waals surface area contributed by atoms with Crippen molar-refractivity contribution in [2.45, 2.75) is 6.61 Å². The van der Waals surface area contributed by atoms with Crippen molar-refractivity contribution < 1.29 is 4.74 Å². The summed E-state index contributed by atoms with van der Waals surface area (Å²) in [5.74, 6) is 0.928. The van der Waals surface area contributed by atoms with E-state index in [4.69, 9.17) is 10.5 Å². The molecule has 0 aliphatic carbocycles. The van der Waals surface area contributed by atoms with Crippen molar-refractivity contribution in [3.8, 4) is 16.3 Å². The number of nitrogens with zero attached hydrogens (tertiary/aromatic N) is 3. The Hall–Kier alpha value is -2.47. The first-order chi connectivity index (χ1) is 9.81. The fourth-order valence-electron chi connectivity index (χ4n) is 1.69. The topological polar surface area (TPSA) is 73.9 Å². The standard InChI is InChI=1S/C14H12N4OS/c15-13-6-12(7-16-18-13)19-8-11-9-20-14(17-11)10-4-2-1-3-5-10/h1-7,9H,8H2,(H2,15,18). The van der Waals surface area contributed by atoms with E-state index in [2.05, 4.69) is 15.2 Å². The smallest absolute Gasteiger partial charge is 0.149 e. The number of nitrogen functional groups attached to an aromatic ring is 1. The van der Waals surface area contributed by atoms with E-state index in [1.807, 2.05) is 35.7 Å². The average Bonchev–Trinajstić information content (AvgIpc) is 2.95. The van der Waals surface area contributed by atoms with Gasteiger partial charge in [-0.3, -0.25) is 0 Å². The summed E-state index contributed by atoms with van der Waals surface area (Å²) >= 11 is 1.60. The summed E-state index contributed by atoms with van der Waals surface area (Å²) in [4.78, 5) is 4.54. The largest absolute Gasteiger partial charge is 0.485 e. The van der Waals surface area contributed by atoms with Gasteiger partial charge in [0.25, 0.3) is 0 Å². The lowest BCUT2D eigenvalue weighted by Gasteiger charge is -2.03. The Morgan fingerprint density at radius 3 is 2.85 bits per heavy atom. The van der Waals surface area contributed by atoms with Gasteiger partial charge in [-0.15, -0.1) is 16.4 Å². The van der Waals surface area contributed by atoms with Crippen molar-refractivity contribution in [2.75, 3.05) is 5.73 Å². The van der Waals surface area contributed by atoms with E-state index < -0.39 is 0 Å². The molecule has 20 heavy (non-hydrogen) atoms. The molecule has 0 aliphatic rings. The fourth-order valence-corrected chi connectivity index (χ4v) is 2.50. The summed E-state index contributed by atoms with van der Waals surface area (Å²) in [6.45, 7) is 0.383. The number of rotatable bonds is 4. The van der Waals surface area contributed by atoms with Crippen molar-refractivity contribution in [3.63, 3.8) is 0 Å². The number of aromatic nitrogens is 3. The first kappa shape index (κ1) is 12.6. The highest BCUT2D eigenvalue weighted by molar-refractivity contribution is 7.13. The molecule has 1 aromatic carbocycles. The fraction of sp³-hybridized carbons (Fsp3) is 0.0714. The Morgan fingerprint density at radius 1 is 1.20 bits per heavy atom. The maximum atomic E-state index is 5.58. The SMILES string of the molecule is Nc1cc(OCc2csc(-c3ccccc3)n2)cnn1. The summed E-state index contributed by atoms with van der Waals surface area (Å²) in [6, 6.07) is 11.7. The summed E-state index contributed by atoms with van der Waals surface area (Å²) < 4.78 is 5.58. The van der Waals surface area contributed by atoms with E-state index in [9.17, 15) is 0 Å². The third-order valence-electron chi connectivity index (χ3n) is 2.61. The molecule has 0 bridgehead atoms. The molecule has 0 saturated carbocycles. The lowest BCUT2D eigenvalue weighted by molar-refractivity contribution is 0.300. The highest BCUT2D eigenvalue weighted by atomic mass is 32.1. The minimum atomic E-state index is 0.339. The van der Waals surface area contributed by atoms with Crippen LogP contribution in [0.1, 0.15) is 5.69 Å². The van der Waals surface area contributed by atoms with Crippen molar-refractivity contribution in [1.29, 1.82) is 0 Å². The Kier molecular flexibility index (Phi) is 3.56. The molecule has 5 nitrogen and oxygen atoms in total. The summed E-state index contributed by atoms with van der Waals surface area (Å²) in [5.41, 5.74) is 7.53. The van der Waals surface area contributed by atoms with E-state index in [1.54, 1.807) is 17.4 Å². The number of ether oxygens (including phenoxy) is 1. The molecular formula is C14H12N4OS. The van der Waals surface area contributed by atoms with Gasteiger partial charge >= 0.3 is 0 Å². The van der Waals surface area contributed by atoms with Crippen LogP contribution in [0.4, 0.5) is 5.82 Å². The van der Waals surface area contributed by atoms with Gasteiger partial charge in [0.1, 0.15) is 23.2 Å². The Balaban J connectivity index is 1.69. The van der Waals surface area contributed by atoms with Crippen LogP contribution in [0.3, 0.4) is 0 Å². The third-order valence-corrected chi connectivity index (χ3v) is 3.55. The van der Waals surface area contributed by atoms with Crippen LogP contribution < -0.4 is 10.5 Å². The molecule has 0 saturated heterocycles. The summed E-state index contributed by atoms with van der Waals surface area (Å²) in [7, 11) is 0. The van der Waals surface area contributed by atoms with Crippen LogP contribution in [0.5, 0.6) is 5.75 Å². The number of thiazole rings is 1. The van der Waals surface area contributed by atoms with Gasteiger partial charge in [0.2, 0.25) is 0 Å². The Labute approximate surface area is 120 Å². The third kappa shape index (κ3) is 2.92. The van der Waals surface area contributed by atoms with Gasteiger partial charge < -0.3 is 10.5 Å². The van der Waals surface area contributed by atoms with E-state index >= 15 is 0 Å². The maximum absolute atomic E-state index is 5.58. The summed E-state index contributed by atoms with van der Waals surface area (Å²) in [5, 5.41) is 10.4. The van der Waals surface area contributed by atoms with Crippen LogP contribution in [-0.4, -0.2) is 15.2 Å². The lowest BCUT2D eigenvalue weighted by atomic mass is 10.2.